The van der Waals surface area contributed by atoms with Gasteiger partial charge >= 0.3 is 0 Å². The molecule has 0 bridgehead atoms. The summed E-state index contributed by atoms with van der Waals surface area (Å²) in [7, 11) is -2.23. The van der Waals surface area contributed by atoms with Gasteiger partial charge in [-0.2, -0.15) is 0 Å². The van der Waals surface area contributed by atoms with Gasteiger partial charge in [-0.1, -0.05) is 24.3 Å². The molecule has 0 spiro atoms. The van der Waals surface area contributed by atoms with Crippen molar-refractivity contribution in [2.75, 3.05) is 22.4 Å². The van der Waals surface area contributed by atoms with Crippen molar-refractivity contribution in [2.24, 2.45) is 0 Å². The van der Waals surface area contributed by atoms with E-state index >= 15 is 0 Å². The number of aromatic nitrogens is 1. The molecule has 3 rings (SSSR count). The van der Waals surface area contributed by atoms with Crippen LogP contribution in [0.1, 0.15) is 5.56 Å². The molecule has 1 heterocycles. The van der Waals surface area contributed by atoms with Crippen LogP contribution in [0.5, 0.6) is 0 Å². The summed E-state index contributed by atoms with van der Waals surface area (Å²) in [5.41, 5.74) is 2.10. The van der Waals surface area contributed by atoms with Crippen LogP contribution in [0.3, 0.4) is 0 Å². The van der Waals surface area contributed by atoms with Gasteiger partial charge in [-0.3, -0.25) is 14.1 Å². The second kappa shape index (κ2) is 9.58. The molecule has 0 saturated carbocycles. The van der Waals surface area contributed by atoms with Crippen molar-refractivity contribution in [1.29, 1.82) is 0 Å². The van der Waals surface area contributed by atoms with Crippen molar-refractivity contribution >= 4 is 39.1 Å². The van der Waals surface area contributed by atoms with Crippen LogP contribution in [0, 0.1) is 0 Å². The number of hydrogen-bond acceptors (Lipinski definition) is 5. The monoisotopic (exact) mass is 427 g/mol. The normalized spacial score (nSPS) is 11.1. The maximum atomic E-state index is 12.9. The number of nitrogens with one attached hydrogen (secondary N) is 1. The molecule has 0 fully saturated rings. The zero-order chi connectivity index (χ0) is 20.7. The fourth-order valence-electron chi connectivity index (χ4n) is 2.61. The first kappa shape index (κ1) is 20.9. The van der Waals surface area contributed by atoms with E-state index in [1.165, 1.54) is 35.2 Å². The van der Waals surface area contributed by atoms with E-state index < -0.39 is 10.0 Å². The van der Waals surface area contributed by atoms with Gasteiger partial charge < -0.3 is 5.32 Å². The molecule has 0 aliphatic rings. The summed E-state index contributed by atoms with van der Waals surface area (Å²) in [5, 5.41) is 2.76. The number of para-hydroxylation sites is 1. The number of nitrogens with zero attached hydrogens (tertiary/aromatic N) is 2. The van der Waals surface area contributed by atoms with E-state index in [2.05, 4.69) is 10.3 Å². The molecule has 1 amide bonds. The van der Waals surface area contributed by atoms with Crippen LogP contribution in [0.15, 0.2) is 84.0 Å². The third-order valence-corrected chi connectivity index (χ3v) is 6.93. The van der Waals surface area contributed by atoms with Crippen molar-refractivity contribution in [3.05, 3.63) is 84.7 Å². The summed E-state index contributed by atoms with van der Waals surface area (Å²) in [5.74, 6) is 0.783. The molecule has 150 valence electrons. The predicted octanol–water partition coefficient (Wildman–Crippen LogP) is 3.78. The van der Waals surface area contributed by atoms with Gasteiger partial charge in [0.2, 0.25) is 5.91 Å². The summed E-state index contributed by atoms with van der Waals surface area (Å²) >= 11 is 1.48. The highest BCUT2D eigenvalue weighted by Gasteiger charge is 2.21. The Balaban J connectivity index is 1.63. The van der Waals surface area contributed by atoms with Gasteiger partial charge in [0.25, 0.3) is 10.0 Å². The summed E-state index contributed by atoms with van der Waals surface area (Å²) in [6.45, 7) is 0. The summed E-state index contributed by atoms with van der Waals surface area (Å²) in [4.78, 5) is 16.3. The van der Waals surface area contributed by atoms with Crippen LogP contribution >= 0.6 is 11.8 Å². The van der Waals surface area contributed by atoms with E-state index in [0.29, 0.717) is 17.1 Å². The third-order valence-electron chi connectivity index (χ3n) is 4.15. The number of benzene rings is 2. The van der Waals surface area contributed by atoms with Gasteiger partial charge in [-0.05, 0) is 48.0 Å². The molecule has 0 unspecified atom stereocenters. The number of sulfonamides is 1. The Morgan fingerprint density at radius 2 is 1.76 bits per heavy atom. The lowest BCUT2D eigenvalue weighted by Gasteiger charge is -2.19. The van der Waals surface area contributed by atoms with Crippen LogP contribution in [-0.4, -0.2) is 32.1 Å². The zero-order valence-electron chi connectivity index (χ0n) is 15.9. The third kappa shape index (κ3) is 5.58. The van der Waals surface area contributed by atoms with E-state index in [1.807, 2.05) is 18.2 Å². The maximum Gasteiger partial charge on any atom is 0.264 e. The minimum Gasteiger partial charge on any atom is -0.325 e. The van der Waals surface area contributed by atoms with E-state index in [4.69, 9.17) is 0 Å². The number of carbonyl (C=O) groups is 1. The molecule has 0 aliphatic heterocycles. The summed E-state index contributed by atoms with van der Waals surface area (Å²) < 4.78 is 27.0. The minimum atomic E-state index is -3.73. The topological polar surface area (TPSA) is 79.4 Å². The van der Waals surface area contributed by atoms with Gasteiger partial charge in [-0.15, -0.1) is 11.8 Å². The van der Waals surface area contributed by atoms with Crippen molar-refractivity contribution in [3.63, 3.8) is 0 Å². The molecular weight excluding hydrogens is 406 g/mol. The Kier molecular flexibility index (Phi) is 6.90. The van der Waals surface area contributed by atoms with Crippen molar-refractivity contribution < 1.29 is 13.2 Å². The van der Waals surface area contributed by atoms with Crippen molar-refractivity contribution in [1.82, 2.24) is 4.98 Å². The Morgan fingerprint density at radius 3 is 2.48 bits per heavy atom. The van der Waals surface area contributed by atoms with Crippen molar-refractivity contribution in [2.45, 2.75) is 10.6 Å². The number of amides is 1. The van der Waals surface area contributed by atoms with E-state index in [1.54, 1.807) is 48.8 Å². The molecule has 3 aromatic rings. The predicted molar refractivity (Wildman–Crippen MR) is 118 cm³/mol. The fraction of sp³-hybridized carbons (Fsp3) is 0.143. The Morgan fingerprint density at radius 1 is 1.03 bits per heavy atom. The lowest BCUT2D eigenvalue weighted by Crippen LogP contribution is -2.26. The molecule has 2 aromatic carbocycles. The van der Waals surface area contributed by atoms with Gasteiger partial charge in [-0.25, -0.2) is 8.42 Å². The van der Waals surface area contributed by atoms with Crippen LogP contribution < -0.4 is 9.62 Å². The molecule has 0 radical (unpaired) electrons. The standard InChI is InChI=1S/C21H21N3O3S2/c1-24(19-7-3-2-4-8-19)29(26,27)20-9-5-6-18(14-20)23-21(25)16-28-15-17-10-12-22-13-11-17/h2-14H,15-16H2,1H3,(H,23,25). The first-order chi connectivity index (χ1) is 14.0. The smallest absolute Gasteiger partial charge is 0.264 e. The Hall–Kier alpha value is -2.84. The Labute approximate surface area is 175 Å². The lowest BCUT2D eigenvalue weighted by molar-refractivity contribution is -0.113. The van der Waals surface area contributed by atoms with E-state index in [0.717, 1.165) is 5.56 Å². The number of thioether (sulfide) groups is 1. The first-order valence-electron chi connectivity index (χ1n) is 8.87. The number of rotatable bonds is 8. The highest BCUT2D eigenvalue weighted by molar-refractivity contribution is 7.99. The average Bonchev–Trinajstić information content (AvgIpc) is 2.75. The quantitative estimate of drug-likeness (QED) is 0.592. The minimum absolute atomic E-state index is 0.117. The second-order valence-corrected chi connectivity index (χ2v) is 9.19. The molecule has 0 atom stereocenters. The van der Waals surface area contributed by atoms with Crippen LogP contribution in [0.2, 0.25) is 0 Å². The number of hydrogen-bond donors (Lipinski definition) is 1. The average molecular weight is 428 g/mol. The first-order valence-corrected chi connectivity index (χ1v) is 11.5. The highest BCUT2D eigenvalue weighted by atomic mass is 32.2. The zero-order valence-corrected chi connectivity index (χ0v) is 17.5. The summed E-state index contributed by atoms with van der Waals surface area (Å²) in [6.07, 6.45) is 3.43. The molecule has 1 aromatic heterocycles. The summed E-state index contributed by atoms with van der Waals surface area (Å²) in [6, 6.07) is 18.9. The van der Waals surface area contributed by atoms with Crippen LogP contribution in [-0.2, 0) is 20.6 Å². The van der Waals surface area contributed by atoms with Gasteiger partial charge in [0.05, 0.1) is 16.3 Å². The second-order valence-electron chi connectivity index (χ2n) is 6.23. The molecule has 8 heteroatoms. The molecule has 29 heavy (non-hydrogen) atoms. The number of pyridine rings is 1. The largest absolute Gasteiger partial charge is 0.325 e. The van der Waals surface area contributed by atoms with Gasteiger partial charge in [0, 0.05) is 30.9 Å². The molecule has 0 saturated heterocycles. The molecular formula is C21H21N3O3S2. The highest BCUT2D eigenvalue weighted by Crippen LogP contribution is 2.23. The molecule has 1 N–H and O–H groups in total. The van der Waals surface area contributed by atoms with E-state index in [-0.39, 0.29) is 16.6 Å². The fourth-order valence-corrected chi connectivity index (χ4v) is 4.64. The maximum absolute atomic E-state index is 12.9. The van der Waals surface area contributed by atoms with E-state index in [9.17, 15) is 13.2 Å². The van der Waals surface area contributed by atoms with Gasteiger partial charge in [0.15, 0.2) is 0 Å². The van der Waals surface area contributed by atoms with Crippen molar-refractivity contribution in [3.8, 4) is 0 Å². The molecule has 6 nitrogen and oxygen atoms in total. The SMILES string of the molecule is CN(c1ccccc1)S(=O)(=O)c1cccc(NC(=O)CSCc2ccncc2)c1. The van der Waals surface area contributed by atoms with Crippen LogP contribution in [0.25, 0.3) is 0 Å². The molecule has 0 aliphatic carbocycles. The Bertz CT molecular complexity index is 1060. The number of anilines is 2. The number of carbonyl (C=O) groups excluding carboxylic acids is 1. The lowest BCUT2D eigenvalue weighted by atomic mass is 10.3. The van der Waals surface area contributed by atoms with Crippen LogP contribution in [0.4, 0.5) is 11.4 Å². The van der Waals surface area contributed by atoms with Gasteiger partial charge in [0.1, 0.15) is 0 Å².